The Morgan fingerprint density at radius 3 is 2.33 bits per heavy atom. The Hall–Kier alpha value is -2.96. The molecule has 0 saturated carbocycles. The van der Waals surface area contributed by atoms with Gasteiger partial charge in [-0.15, -0.1) is 0 Å². The fourth-order valence-corrected chi connectivity index (χ4v) is 2.42. The predicted octanol–water partition coefficient (Wildman–Crippen LogP) is 3.08. The van der Waals surface area contributed by atoms with Crippen LogP contribution in [-0.4, -0.2) is 26.3 Å². The van der Waals surface area contributed by atoms with Crippen molar-refractivity contribution in [2.45, 2.75) is 19.9 Å². The van der Waals surface area contributed by atoms with Gasteiger partial charge in [-0.2, -0.15) is 5.10 Å². The van der Waals surface area contributed by atoms with Crippen molar-refractivity contribution in [3.63, 3.8) is 0 Å². The molecule has 5 nitrogen and oxygen atoms in total. The summed E-state index contributed by atoms with van der Waals surface area (Å²) in [7, 11) is 0. The monoisotopic (exact) mass is 330 g/mol. The van der Waals surface area contributed by atoms with Gasteiger partial charge in [0.15, 0.2) is 5.82 Å². The number of nitrogens with zero attached hydrogens (tertiary/aromatic N) is 3. The maximum absolute atomic E-state index is 13.6. The van der Waals surface area contributed by atoms with Gasteiger partial charge in [0.05, 0.1) is 11.9 Å². The van der Waals surface area contributed by atoms with Crippen LogP contribution in [0.3, 0.4) is 0 Å². The highest BCUT2D eigenvalue weighted by Gasteiger charge is 2.20. The molecule has 1 amide bonds. The summed E-state index contributed by atoms with van der Waals surface area (Å²) >= 11 is 0. The zero-order chi connectivity index (χ0) is 17.3. The molecule has 3 rings (SSSR count). The third-order valence-electron chi connectivity index (χ3n) is 3.35. The van der Waals surface area contributed by atoms with Gasteiger partial charge in [-0.05, 0) is 38.1 Å². The van der Waals surface area contributed by atoms with Crippen molar-refractivity contribution < 1.29 is 13.6 Å². The SMILES string of the molecule is CC(C)NC(=O)c1cnn(-c2cc(F)cc(F)c2)c1-n1cccc1. The van der Waals surface area contributed by atoms with Crippen molar-refractivity contribution in [1.82, 2.24) is 19.7 Å². The fourth-order valence-electron chi connectivity index (χ4n) is 2.42. The molecule has 0 saturated heterocycles. The molecular formula is C17H16F2N4O. The van der Waals surface area contributed by atoms with Gasteiger partial charge in [0, 0.05) is 24.5 Å². The Bertz CT molecular complexity index is 849. The standard InChI is InChI=1S/C17H16F2N4O/c1-11(2)21-16(24)15-10-20-23(17(15)22-5-3-4-6-22)14-8-12(18)7-13(19)9-14/h3-11H,1-2H3,(H,21,24). The molecule has 2 aromatic heterocycles. The summed E-state index contributed by atoms with van der Waals surface area (Å²) < 4.78 is 30.1. The van der Waals surface area contributed by atoms with Crippen LogP contribution < -0.4 is 5.32 Å². The van der Waals surface area contributed by atoms with Gasteiger partial charge in [0.1, 0.15) is 17.2 Å². The van der Waals surface area contributed by atoms with E-state index in [1.165, 1.54) is 10.9 Å². The summed E-state index contributed by atoms with van der Waals surface area (Å²) in [5.41, 5.74) is 0.504. The first-order valence-electron chi connectivity index (χ1n) is 7.44. The maximum Gasteiger partial charge on any atom is 0.256 e. The first-order chi connectivity index (χ1) is 11.5. The minimum absolute atomic E-state index is 0.0509. The van der Waals surface area contributed by atoms with Crippen LogP contribution in [0.15, 0.2) is 48.9 Å². The minimum atomic E-state index is -0.716. The molecule has 0 fully saturated rings. The second-order valence-corrected chi connectivity index (χ2v) is 5.64. The molecule has 0 aliphatic carbocycles. The number of hydrogen-bond acceptors (Lipinski definition) is 2. The lowest BCUT2D eigenvalue weighted by molar-refractivity contribution is 0.0943. The van der Waals surface area contributed by atoms with E-state index < -0.39 is 11.6 Å². The summed E-state index contributed by atoms with van der Waals surface area (Å²) in [6, 6.07) is 6.63. The number of carbonyl (C=O) groups is 1. The molecule has 1 N–H and O–H groups in total. The Balaban J connectivity index is 2.17. The number of amides is 1. The molecule has 1 aromatic carbocycles. The van der Waals surface area contributed by atoms with Crippen LogP contribution in [0.2, 0.25) is 0 Å². The number of hydrogen-bond donors (Lipinski definition) is 1. The van der Waals surface area contributed by atoms with Crippen LogP contribution >= 0.6 is 0 Å². The van der Waals surface area contributed by atoms with Gasteiger partial charge in [0.25, 0.3) is 5.91 Å². The number of carbonyl (C=O) groups excluding carboxylic acids is 1. The van der Waals surface area contributed by atoms with Crippen molar-refractivity contribution >= 4 is 5.91 Å². The van der Waals surface area contributed by atoms with E-state index in [0.29, 0.717) is 11.4 Å². The van der Waals surface area contributed by atoms with Gasteiger partial charge in [-0.3, -0.25) is 4.79 Å². The molecule has 3 aromatic rings. The smallest absolute Gasteiger partial charge is 0.256 e. The molecule has 0 unspecified atom stereocenters. The van der Waals surface area contributed by atoms with Crippen molar-refractivity contribution in [3.05, 3.63) is 66.1 Å². The summed E-state index contributed by atoms with van der Waals surface area (Å²) in [4.78, 5) is 12.4. The topological polar surface area (TPSA) is 51.9 Å². The number of aromatic nitrogens is 3. The third kappa shape index (κ3) is 3.05. The number of nitrogens with one attached hydrogen (secondary N) is 1. The summed E-state index contributed by atoms with van der Waals surface area (Å²) in [5.74, 6) is -1.33. The average molecular weight is 330 g/mol. The number of rotatable bonds is 4. The molecule has 0 spiro atoms. The van der Waals surface area contributed by atoms with E-state index in [1.807, 2.05) is 13.8 Å². The third-order valence-corrected chi connectivity index (χ3v) is 3.35. The molecule has 24 heavy (non-hydrogen) atoms. The van der Waals surface area contributed by atoms with Crippen LogP contribution in [0.1, 0.15) is 24.2 Å². The first kappa shape index (κ1) is 15.9. The average Bonchev–Trinajstić information content (AvgIpc) is 3.14. The van der Waals surface area contributed by atoms with Crippen LogP contribution in [0.4, 0.5) is 8.78 Å². The number of halogens is 2. The lowest BCUT2D eigenvalue weighted by Gasteiger charge is -2.12. The van der Waals surface area contributed by atoms with E-state index in [1.54, 1.807) is 29.1 Å². The van der Waals surface area contributed by atoms with Crippen LogP contribution in [-0.2, 0) is 0 Å². The summed E-state index contributed by atoms with van der Waals surface area (Å²) in [5, 5.41) is 6.95. The maximum atomic E-state index is 13.6. The molecular weight excluding hydrogens is 314 g/mol. The van der Waals surface area contributed by atoms with Crippen molar-refractivity contribution in [1.29, 1.82) is 0 Å². The Kier molecular flexibility index (Phi) is 4.16. The van der Waals surface area contributed by atoms with E-state index in [-0.39, 0.29) is 17.6 Å². The van der Waals surface area contributed by atoms with Crippen LogP contribution in [0.5, 0.6) is 0 Å². The summed E-state index contributed by atoms with van der Waals surface area (Å²) in [6.07, 6.45) is 4.85. The molecule has 2 heterocycles. The van der Waals surface area contributed by atoms with Gasteiger partial charge >= 0.3 is 0 Å². The first-order valence-corrected chi connectivity index (χ1v) is 7.44. The normalized spacial score (nSPS) is 11.0. The van der Waals surface area contributed by atoms with Gasteiger partial charge in [0.2, 0.25) is 0 Å². The Morgan fingerprint density at radius 2 is 1.75 bits per heavy atom. The predicted molar refractivity (Wildman–Crippen MR) is 85.4 cm³/mol. The fraction of sp³-hybridized carbons (Fsp3) is 0.176. The Labute approximate surface area is 137 Å². The lowest BCUT2D eigenvalue weighted by Crippen LogP contribution is -2.30. The van der Waals surface area contributed by atoms with E-state index >= 15 is 0 Å². The molecule has 7 heteroatoms. The second kappa shape index (κ2) is 6.27. The van der Waals surface area contributed by atoms with E-state index in [9.17, 15) is 13.6 Å². The summed E-state index contributed by atoms with van der Waals surface area (Å²) in [6.45, 7) is 3.69. The van der Waals surface area contributed by atoms with Gasteiger partial charge in [-0.1, -0.05) is 0 Å². The molecule has 0 atom stereocenters. The quantitative estimate of drug-likeness (QED) is 0.799. The second-order valence-electron chi connectivity index (χ2n) is 5.64. The zero-order valence-electron chi connectivity index (χ0n) is 13.2. The minimum Gasteiger partial charge on any atom is -0.350 e. The van der Waals surface area contributed by atoms with Gasteiger partial charge < -0.3 is 9.88 Å². The zero-order valence-corrected chi connectivity index (χ0v) is 13.2. The molecule has 0 aliphatic rings. The largest absolute Gasteiger partial charge is 0.350 e. The van der Waals surface area contributed by atoms with Crippen molar-refractivity contribution in [2.24, 2.45) is 0 Å². The van der Waals surface area contributed by atoms with Crippen molar-refractivity contribution in [3.8, 4) is 11.5 Å². The Morgan fingerprint density at radius 1 is 1.12 bits per heavy atom. The highest BCUT2D eigenvalue weighted by Crippen LogP contribution is 2.21. The highest BCUT2D eigenvalue weighted by molar-refractivity contribution is 5.97. The highest BCUT2D eigenvalue weighted by atomic mass is 19.1. The lowest BCUT2D eigenvalue weighted by atomic mass is 10.2. The van der Waals surface area contributed by atoms with Crippen LogP contribution in [0.25, 0.3) is 11.5 Å². The molecule has 0 bridgehead atoms. The number of benzene rings is 1. The van der Waals surface area contributed by atoms with Crippen molar-refractivity contribution in [2.75, 3.05) is 0 Å². The molecule has 0 aliphatic heterocycles. The van der Waals surface area contributed by atoms with Crippen LogP contribution in [0, 0.1) is 11.6 Å². The van der Waals surface area contributed by atoms with E-state index in [2.05, 4.69) is 10.4 Å². The molecule has 0 radical (unpaired) electrons. The van der Waals surface area contributed by atoms with E-state index in [0.717, 1.165) is 18.2 Å². The van der Waals surface area contributed by atoms with Gasteiger partial charge in [-0.25, -0.2) is 13.5 Å². The van der Waals surface area contributed by atoms with E-state index in [4.69, 9.17) is 0 Å². The molecule has 124 valence electrons.